The van der Waals surface area contributed by atoms with Gasteiger partial charge < -0.3 is 10.4 Å². The van der Waals surface area contributed by atoms with Crippen LogP contribution in [0.4, 0.5) is 0 Å². The molecule has 3 rings (SSSR count). The minimum Gasteiger partial charge on any atom is -0.508 e. The number of nitrogens with one attached hydrogen (secondary N) is 1. The highest BCUT2D eigenvalue weighted by Crippen LogP contribution is 2.37. The van der Waals surface area contributed by atoms with Gasteiger partial charge in [0.15, 0.2) is 0 Å². The second kappa shape index (κ2) is 4.10. The monoisotopic (exact) mass is 217 g/mol. The number of phenols is 1. The quantitative estimate of drug-likeness (QED) is 0.798. The van der Waals surface area contributed by atoms with Gasteiger partial charge in [-0.05, 0) is 48.6 Å². The molecule has 2 N–H and O–H groups in total. The molecule has 1 atom stereocenters. The van der Waals surface area contributed by atoms with Gasteiger partial charge >= 0.3 is 0 Å². The van der Waals surface area contributed by atoms with Crippen molar-refractivity contribution in [3.05, 3.63) is 29.3 Å². The summed E-state index contributed by atoms with van der Waals surface area (Å²) < 4.78 is 0. The summed E-state index contributed by atoms with van der Waals surface area (Å²) in [5, 5.41) is 13.2. The first-order valence-corrected chi connectivity index (χ1v) is 6.38. The zero-order valence-corrected chi connectivity index (χ0v) is 9.58. The highest BCUT2D eigenvalue weighted by molar-refractivity contribution is 5.38. The Balaban J connectivity index is 1.83. The van der Waals surface area contributed by atoms with Gasteiger partial charge in [-0.3, -0.25) is 0 Å². The fourth-order valence-electron chi connectivity index (χ4n) is 2.90. The van der Waals surface area contributed by atoms with E-state index in [0.29, 0.717) is 11.8 Å². The van der Waals surface area contributed by atoms with E-state index in [1.165, 1.54) is 36.8 Å². The molecule has 0 bridgehead atoms. The Morgan fingerprint density at radius 2 is 2.19 bits per heavy atom. The summed E-state index contributed by atoms with van der Waals surface area (Å²) in [6.07, 6.45) is 6.54. The molecule has 0 saturated heterocycles. The highest BCUT2D eigenvalue weighted by Gasteiger charge is 2.26. The Hall–Kier alpha value is -1.02. The second-order valence-corrected chi connectivity index (χ2v) is 5.17. The van der Waals surface area contributed by atoms with Gasteiger partial charge in [-0.25, -0.2) is 0 Å². The number of aromatic hydroxyl groups is 1. The number of fused-ring (bicyclic) bond motifs is 1. The number of phenolic OH excluding ortho intramolecular Hbond substituents is 1. The molecule has 1 aromatic rings. The van der Waals surface area contributed by atoms with E-state index >= 15 is 0 Å². The van der Waals surface area contributed by atoms with Crippen LogP contribution < -0.4 is 5.32 Å². The summed E-state index contributed by atoms with van der Waals surface area (Å²) in [5.41, 5.74) is 2.75. The summed E-state index contributed by atoms with van der Waals surface area (Å²) in [5.74, 6) is 1.31. The fraction of sp³-hybridized carbons (Fsp3) is 0.571. The van der Waals surface area contributed by atoms with Crippen LogP contribution in [0, 0.1) is 5.92 Å². The van der Waals surface area contributed by atoms with E-state index in [-0.39, 0.29) is 0 Å². The summed E-state index contributed by atoms with van der Waals surface area (Å²) in [6.45, 7) is 1.08. The number of benzene rings is 1. The minimum absolute atomic E-state index is 0.404. The van der Waals surface area contributed by atoms with Crippen molar-refractivity contribution in [1.82, 2.24) is 5.32 Å². The van der Waals surface area contributed by atoms with Crippen LogP contribution >= 0.6 is 0 Å². The van der Waals surface area contributed by atoms with E-state index in [1.54, 1.807) is 0 Å². The lowest BCUT2D eigenvalue weighted by molar-refractivity contribution is 0.257. The first-order chi connectivity index (χ1) is 7.83. The van der Waals surface area contributed by atoms with Crippen molar-refractivity contribution in [2.24, 2.45) is 5.92 Å². The van der Waals surface area contributed by atoms with Gasteiger partial charge in [-0.2, -0.15) is 0 Å². The molecule has 2 nitrogen and oxygen atoms in total. The molecule has 0 radical (unpaired) electrons. The maximum absolute atomic E-state index is 9.58. The van der Waals surface area contributed by atoms with E-state index in [0.717, 1.165) is 18.9 Å². The first-order valence-electron chi connectivity index (χ1n) is 6.38. The zero-order chi connectivity index (χ0) is 11.0. The standard InChI is InChI=1S/C14H19NO/c16-12-5-4-11-6-7-15-14(13(11)9-12)8-10-2-1-3-10/h4-5,9-10,14-16H,1-3,6-8H2. The normalized spacial score (nSPS) is 24.9. The van der Waals surface area contributed by atoms with E-state index in [9.17, 15) is 5.11 Å². The van der Waals surface area contributed by atoms with Crippen LogP contribution in [0.25, 0.3) is 0 Å². The predicted octanol–water partition coefficient (Wildman–Crippen LogP) is 2.77. The van der Waals surface area contributed by atoms with Gasteiger partial charge in [0.1, 0.15) is 5.75 Å². The molecule has 1 saturated carbocycles. The lowest BCUT2D eigenvalue weighted by Gasteiger charge is -2.33. The van der Waals surface area contributed by atoms with Crippen molar-refractivity contribution in [3.8, 4) is 5.75 Å². The Bertz CT molecular complexity index is 384. The average Bonchev–Trinajstić information content (AvgIpc) is 2.23. The van der Waals surface area contributed by atoms with E-state index < -0.39 is 0 Å². The molecule has 1 aliphatic carbocycles. The summed E-state index contributed by atoms with van der Waals surface area (Å²) in [7, 11) is 0. The van der Waals surface area contributed by atoms with Crippen molar-refractivity contribution in [1.29, 1.82) is 0 Å². The van der Waals surface area contributed by atoms with Crippen molar-refractivity contribution >= 4 is 0 Å². The largest absolute Gasteiger partial charge is 0.508 e. The molecule has 2 aliphatic rings. The van der Waals surface area contributed by atoms with Gasteiger partial charge in [0.25, 0.3) is 0 Å². The number of hydrogen-bond donors (Lipinski definition) is 2. The van der Waals surface area contributed by atoms with Gasteiger partial charge in [-0.1, -0.05) is 25.3 Å². The third-order valence-corrected chi connectivity index (χ3v) is 4.08. The molecule has 1 fully saturated rings. The summed E-state index contributed by atoms with van der Waals surface area (Å²) in [4.78, 5) is 0. The lowest BCUT2D eigenvalue weighted by Crippen LogP contribution is -2.32. The highest BCUT2D eigenvalue weighted by atomic mass is 16.3. The lowest BCUT2D eigenvalue weighted by atomic mass is 9.78. The van der Waals surface area contributed by atoms with Crippen LogP contribution in [0.2, 0.25) is 0 Å². The Morgan fingerprint density at radius 3 is 2.94 bits per heavy atom. The molecule has 1 heterocycles. The molecule has 0 aromatic heterocycles. The van der Waals surface area contributed by atoms with Crippen molar-refractivity contribution in [2.75, 3.05) is 6.54 Å². The topological polar surface area (TPSA) is 32.3 Å². The molecular weight excluding hydrogens is 198 g/mol. The molecule has 16 heavy (non-hydrogen) atoms. The van der Waals surface area contributed by atoms with Crippen molar-refractivity contribution < 1.29 is 5.11 Å². The zero-order valence-electron chi connectivity index (χ0n) is 9.58. The minimum atomic E-state index is 0.404. The van der Waals surface area contributed by atoms with Gasteiger partial charge in [0.05, 0.1) is 0 Å². The molecule has 0 spiro atoms. The molecule has 2 heteroatoms. The molecule has 0 amide bonds. The fourth-order valence-corrected chi connectivity index (χ4v) is 2.90. The van der Waals surface area contributed by atoms with Crippen LogP contribution in [0.15, 0.2) is 18.2 Å². The molecular formula is C14H19NO. The van der Waals surface area contributed by atoms with E-state index in [4.69, 9.17) is 0 Å². The Labute approximate surface area is 96.7 Å². The third kappa shape index (κ3) is 1.82. The van der Waals surface area contributed by atoms with Crippen LogP contribution in [0.5, 0.6) is 5.75 Å². The summed E-state index contributed by atoms with van der Waals surface area (Å²) >= 11 is 0. The van der Waals surface area contributed by atoms with Crippen LogP contribution in [-0.4, -0.2) is 11.7 Å². The third-order valence-electron chi connectivity index (χ3n) is 4.08. The Kier molecular flexibility index (Phi) is 2.60. The van der Waals surface area contributed by atoms with Crippen LogP contribution in [-0.2, 0) is 6.42 Å². The smallest absolute Gasteiger partial charge is 0.115 e. The molecule has 86 valence electrons. The number of rotatable bonds is 2. The number of hydrogen-bond acceptors (Lipinski definition) is 2. The molecule has 1 aromatic carbocycles. The van der Waals surface area contributed by atoms with Crippen molar-refractivity contribution in [2.45, 2.75) is 38.1 Å². The van der Waals surface area contributed by atoms with Gasteiger partial charge in [0, 0.05) is 6.04 Å². The van der Waals surface area contributed by atoms with E-state index in [1.807, 2.05) is 12.1 Å². The van der Waals surface area contributed by atoms with Gasteiger partial charge in [0.2, 0.25) is 0 Å². The first kappa shape index (κ1) is 10.2. The van der Waals surface area contributed by atoms with Crippen LogP contribution in [0.1, 0.15) is 42.9 Å². The SMILES string of the molecule is Oc1ccc2c(c1)C(CC1CCC1)NCC2. The second-order valence-electron chi connectivity index (χ2n) is 5.17. The summed E-state index contributed by atoms with van der Waals surface area (Å²) in [6, 6.07) is 6.32. The maximum Gasteiger partial charge on any atom is 0.115 e. The van der Waals surface area contributed by atoms with Crippen molar-refractivity contribution in [3.63, 3.8) is 0 Å². The maximum atomic E-state index is 9.58. The Morgan fingerprint density at radius 1 is 1.31 bits per heavy atom. The predicted molar refractivity (Wildman–Crippen MR) is 64.5 cm³/mol. The van der Waals surface area contributed by atoms with E-state index in [2.05, 4.69) is 11.4 Å². The average molecular weight is 217 g/mol. The van der Waals surface area contributed by atoms with Crippen LogP contribution in [0.3, 0.4) is 0 Å². The van der Waals surface area contributed by atoms with Gasteiger partial charge in [-0.15, -0.1) is 0 Å². The molecule has 1 unspecified atom stereocenters. The molecule has 1 aliphatic heterocycles.